The van der Waals surface area contributed by atoms with E-state index >= 15 is 4.39 Å². The van der Waals surface area contributed by atoms with Crippen molar-refractivity contribution < 1.29 is 53.3 Å². The van der Waals surface area contributed by atoms with Crippen molar-refractivity contribution >= 4 is 5.97 Å². The van der Waals surface area contributed by atoms with E-state index in [0.717, 1.165) is 78.8 Å². The first kappa shape index (κ1) is 32.9. The number of carbonyl (C=O) groups excluding carboxylic acids is 1. The largest absolute Gasteiger partial charge is 1.00 e. The Kier molecular flexibility index (Phi) is 10.7. The summed E-state index contributed by atoms with van der Waals surface area (Å²) >= 11 is 0. The summed E-state index contributed by atoms with van der Waals surface area (Å²) in [5.41, 5.74) is 5.66. The van der Waals surface area contributed by atoms with E-state index in [1.165, 1.54) is 25.5 Å². The van der Waals surface area contributed by atoms with Gasteiger partial charge in [0, 0.05) is 36.1 Å². The fourth-order valence-electron chi connectivity index (χ4n) is 7.29. The van der Waals surface area contributed by atoms with Crippen LogP contribution in [0.2, 0.25) is 0 Å². The zero-order valence-corrected chi connectivity index (χ0v) is 28.5. The van der Waals surface area contributed by atoms with E-state index in [2.05, 4.69) is 47.1 Å². The Morgan fingerprint density at radius 2 is 1.93 bits per heavy atom. The molecule has 8 heteroatoms. The van der Waals surface area contributed by atoms with E-state index in [1.807, 2.05) is 6.07 Å². The molecule has 44 heavy (non-hydrogen) atoms. The van der Waals surface area contributed by atoms with Crippen LogP contribution in [0.3, 0.4) is 0 Å². The summed E-state index contributed by atoms with van der Waals surface area (Å²) in [5, 5.41) is 11.8. The van der Waals surface area contributed by atoms with Crippen LogP contribution in [0.25, 0.3) is 11.1 Å². The molecule has 3 heterocycles. The number of carboxylic acids is 1. The van der Waals surface area contributed by atoms with Gasteiger partial charge in [0.05, 0.1) is 13.3 Å². The third kappa shape index (κ3) is 7.01. The van der Waals surface area contributed by atoms with Crippen molar-refractivity contribution in [3.8, 4) is 22.8 Å². The van der Waals surface area contributed by atoms with Crippen molar-refractivity contribution in [2.75, 3.05) is 13.7 Å². The van der Waals surface area contributed by atoms with Crippen LogP contribution in [0.15, 0.2) is 48.7 Å². The number of aromatic nitrogens is 1. The maximum atomic E-state index is 15.2. The topological polar surface area (TPSA) is 74.7 Å². The van der Waals surface area contributed by atoms with Crippen LogP contribution < -0.4 is 44.1 Å². The first-order valence-electron chi connectivity index (χ1n) is 15.9. The van der Waals surface area contributed by atoms with E-state index in [1.54, 1.807) is 20.1 Å². The molecule has 0 N–H and O–H groups in total. The van der Waals surface area contributed by atoms with Gasteiger partial charge in [0.1, 0.15) is 17.7 Å². The molecule has 3 aromatic rings. The number of aryl methyl sites for hydroxylation is 1. The number of piperidine rings is 1. The van der Waals surface area contributed by atoms with Crippen LogP contribution in [-0.4, -0.2) is 35.5 Å². The molecular formula is C36H42FN2NaO4. The number of ether oxygens (including phenoxy) is 2. The molecular weight excluding hydrogens is 566 g/mol. The first-order valence-corrected chi connectivity index (χ1v) is 15.9. The minimum atomic E-state index is -0.997. The number of carboxylic acid groups (broad SMARTS) is 1. The van der Waals surface area contributed by atoms with Crippen LogP contribution in [0.5, 0.6) is 11.6 Å². The average Bonchev–Trinajstić information content (AvgIpc) is 3.86. The third-order valence-electron chi connectivity index (χ3n) is 9.89. The van der Waals surface area contributed by atoms with E-state index in [0.29, 0.717) is 23.4 Å². The number of fused-ring (bicyclic) bond motifs is 1. The molecule has 2 aliphatic heterocycles. The Hall–Kier alpha value is -2.45. The van der Waals surface area contributed by atoms with Gasteiger partial charge in [-0.25, -0.2) is 9.37 Å². The van der Waals surface area contributed by atoms with Crippen LogP contribution in [0.1, 0.15) is 93.1 Å². The Morgan fingerprint density at radius 1 is 1.11 bits per heavy atom. The molecule has 0 bridgehead atoms. The smallest absolute Gasteiger partial charge is 0.550 e. The molecule has 1 saturated heterocycles. The zero-order valence-electron chi connectivity index (χ0n) is 26.5. The van der Waals surface area contributed by atoms with E-state index in [9.17, 15) is 9.90 Å². The van der Waals surface area contributed by atoms with Gasteiger partial charge in [-0.15, -0.1) is 0 Å². The summed E-state index contributed by atoms with van der Waals surface area (Å²) in [7, 11) is 1.54. The maximum Gasteiger partial charge on any atom is 1.00 e. The number of benzene rings is 2. The zero-order chi connectivity index (χ0) is 30.1. The number of pyridine rings is 1. The monoisotopic (exact) mass is 608 g/mol. The summed E-state index contributed by atoms with van der Waals surface area (Å²) < 4.78 is 27.2. The molecule has 0 spiro atoms. The molecule has 1 saturated carbocycles. The molecule has 0 amide bonds. The molecule has 6 nitrogen and oxygen atoms in total. The number of methoxy groups -OCH3 is 1. The fourth-order valence-corrected chi connectivity index (χ4v) is 7.29. The van der Waals surface area contributed by atoms with Crippen molar-refractivity contribution in [3.63, 3.8) is 0 Å². The molecule has 2 fully saturated rings. The fraction of sp³-hybridized carbons (Fsp3) is 0.500. The quantitative estimate of drug-likeness (QED) is 0.328. The van der Waals surface area contributed by atoms with E-state index in [4.69, 9.17) is 9.47 Å². The number of halogens is 1. The number of hydrogen-bond donors (Lipinski definition) is 0. The summed E-state index contributed by atoms with van der Waals surface area (Å²) in [6, 6.07) is 14.7. The second-order valence-electron chi connectivity index (χ2n) is 12.6. The first-order chi connectivity index (χ1) is 20.9. The van der Waals surface area contributed by atoms with Crippen molar-refractivity contribution in [2.45, 2.75) is 89.8 Å². The Balaban J connectivity index is 0.00000384. The molecule has 4 atom stereocenters. The summed E-state index contributed by atoms with van der Waals surface area (Å²) in [5.74, 6) is -0.370. The number of aliphatic carboxylic acids is 1. The summed E-state index contributed by atoms with van der Waals surface area (Å²) in [6.45, 7) is 5.78. The predicted octanol–water partition coefficient (Wildman–Crippen LogP) is 3.61. The molecule has 0 radical (unpaired) electrons. The molecule has 2 unspecified atom stereocenters. The van der Waals surface area contributed by atoms with Gasteiger partial charge in [-0.3, -0.25) is 4.90 Å². The Labute approximate surface area is 282 Å². The minimum absolute atomic E-state index is 0. The van der Waals surface area contributed by atoms with Gasteiger partial charge >= 0.3 is 29.6 Å². The number of carbonyl (C=O) groups is 1. The Morgan fingerprint density at radius 3 is 2.66 bits per heavy atom. The number of rotatable bonds is 10. The van der Waals surface area contributed by atoms with Gasteiger partial charge in [-0.05, 0) is 97.2 Å². The van der Waals surface area contributed by atoms with Gasteiger partial charge in [0.25, 0.3) is 0 Å². The molecule has 1 aliphatic carbocycles. The van der Waals surface area contributed by atoms with Crippen LogP contribution in [0.4, 0.5) is 4.39 Å². The van der Waals surface area contributed by atoms with Gasteiger partial charge in [-0.1, -0.05) is 50.6 Å². The van der Waals surface area contributed by atoms with Gasteiger partial charge < -0.3 is 19.4 Å². The van der Waals surface area contributed by atoms with Crippen LogP contribution in [-0.2, 0) is 17.8 Å². The predicted molar refractivity (Wildman–Crippen MR) is 162 cm³/mol. The van der Waals surface area contributed by atoms with E-state index < -0.39 is 11.9 Å². The molecule has 2 aromatic carbocycles. The average molecular weight is 609 g/mol. The number of nitrogens with zero attached hydrogens (tertiary/aromatic N) is 2. The van der Waals surface area contributed by atoms with Gasteiger partial charge in [0.15, 0.2) is 0 Å². The SMILES string of the molecule is CCC1CCCCN1Cc1cc(C2CCc3ccc([C@H](C4CC4)[C@H](C)C(=O)[O-])cc3O2)ccc1-c1cc(OC)ncc1F.[Na+]. The third-order valence-corrected chi connectivity index (χ3v) is 9.89. The molecule has 3 aliphatic rings. The molecule has 228 valence electrons. The maximum absolute atomic E-state index is 15.2. The Bertz CT molecular complexity index is 1480. The summed E-state index contributed by atoms with van der Waals surface area (Å²) in [4.78, 5) is 18.4. The molecule has 6 rings (SSSR count). The van der Waals surface area contributed by atoms with Crippen molar-refractivity contribution in [1.82, 2.24) is 9.88 Å². The van der Waals surface area contributed by atoms with Crippen molar-refractivity contribution in [1.29, 1.82) is 0 Å². The van der Waals surface area contributed by atoms with Crippen LogP contribution >= 0.6 is 0 Å². The van der Waals surface area contributed by atoms with Crippen molar-refractivity contribution in [3.05, 3.63) is 76.7 Å². The van der Waals surface area contributed by atoms with E-state index in [-0.39, 0.29) is 47.4 Å². The minimum Gasteiger partial charge on any atom is -0.550 e. The van der Waals surface area contributed by atoms with Gasteiger partial charge in [0.2, 0.25) is 5.88 Å². The standard InChI is InChI=1S/C36H43FN2O4.Na/c1-4-28-7-5-6-16-39(28)21-27-17-25(12-14-29(27)30-19-34(42-3)38-20-31(30)37)32-15-13-23-8-11-26(18-33(23)43-32)35(24-9-10-24)22(2)36(40)41;/h8,11-12,14,17-20,22,24,28,32,35H,4-7,9-10,13,15-16,21H2,1-3H3,(H,40,41);/q;+1/p-1/t22-,28?,32?,35-;/m0./s1. The second kappa shape index (κ2) is 14.3. The second-order valence-corrected chi connectivity index (χ2v) is 12.6. The van der Waals surface area contributed by atoms with Gasteiger partial charge in [-0.2, -0.15) is 0 Å². The van der Waals surface area contributed by atoms with Crippen LogP contribution in [0, 0.1) is 17.7 Å². The normalized spacial score (nSPS) is 21.4. The molecule has 1 aromatic heterocycles. The number of likely N-dealkylation sites (tertiary alicyclic amines) is 1. The number of hydrogen-bond acceptors (Lipinski definition) is 6. The summed E-state index contributed by atoms with van der Waals surface area (Å²) in [6.07, 6.45) is 9.61. The van der Waals surface area contributed by atoms with Crippen molar-refractivity contribution in [2.24, 2.45) is 11.8 Å².